The quantitative estimate of drug-likeness (QED) is 0.685. The van der Waals surface area contributed by atoms with Crippen molar-refractivity contribution in [1.29, 1.82) is 0 Å². The van der Waals surface area contributed by atoms with E-state index < -0.39 is 11.4 Å². The molecule has 0 aliphatic heterocycles. The van der Waals surface area contributed by atoms with Gasteiger partial charge in [0.25, 0.3) is 0 Å². The smallest absolute Gasteiger partial charge is 0.317 e. The molecule has 0 saturated heterocycles. The maximum Gasteiger partial charge on any atom is 0.317 e. The first-order valence-corrected chi connectivity index (χ1v) is 5.89. The lowest BCUT2D eigenvalue weighted by molar-refractivity contribution is -0.150. The summed E-state index contributed by atoms with van der Waals surface area (Å²) in [5, 5.41) is 9.15. The van der Waals surface area contributed by atoms with Crippen LogP contribution >= 0.6 is 15.9 Å². The van der Waals surface area contributed by atoms with E-state index in [1.54, 1.807) is 18.2 Å². The largest absolute Gasteiger partial charge is 0.480 e. The summed E-state index contributed by atoms with van der Waals surface area (Å²) < 4.78 is 0.790. The van der Waals surface area contributed by atoms with Gasteiger partial charge in [0.05, 0.1) is 0 Å². The summed E-state index contributed by atoms with van der Waals surface area (Å²) in [5.74, 6) is -1.27. The summed E-state index contributed by atoms with van der Waals surface area (Å²) in [6, 6.07) is 6.89. The maximum absolute atomic E-state index is 12.1. The fourth-order valence-electron chi connectivity index (χ4n) is 1.97. The molecule has 1 aliphatic carbocycles. The lowest BCUT2D eigenvalue weighted by Crippen LogP contribution is -2.45. The minimum atomic E-state index is -1.17. The van der Waals surface area contributed by atoms with E-state index >= 15 is 0 Å². The number of ketones is 1. The van der Waals surface area contributed by atoms with Crippen LogP contribution in [-0.2, 0) is 4.79 Å². The van der Waals surface area contributed by atoms with Crippen molar-refractivity contribution < 1.29 is 14.7 Å². The first kappa shape index (κ1) is 11.3. The van der Waals surface area contributed by atoms with Gasteiger partial charge in [0.15, 0.2) is 5.78 Å². The van der Waals surface area contributed by atoms with E-state index in [1.165, 1.54) is 0 Å². The number of hydrogen-bond acceptors (Lipinski definition) is 2. The van der Waals surface area contributed by atoms with Crippen molar-refractivity contribution in [3.8, 4) is 0 Å². The van der Waals surface area contributed by atoms with Crippen molar-refractivity contribution in [2.24, 2.45) is 5.41 Å². The Hall–Kier alpha value is -1.16. The number of benzene rings is 1. The van der Waals surface area contributed by atoms with Crippen LogP contribution in [0.2, 0.25) is 0 Å². The first-order valence-electron chi connectivity index (χ1n) is 5.10. The second kappa shape index (κ2) is 4.01. The Labute approximate surface area is 102 Å². The van der Waals surface area contributed by atoms with Crippen molar-refractivity contribution in [2.75, 3.05) is 0 Å². The second-order valence-corrected chi connectivity index (χ2v) is 5.00. The van der Waals surface area contributed by atoms with E-state index in [4.69, 9.17) is 5.11 Å². The molecular weight excluding hydrogens is 272 g/mol. The topological polar surface area (TPSA) is 54.4 Å². The molecule has 0 bridgehead atoms. The number of carbonyl (C=O) groups is 2. The van der Waals surface area contributed by atoms with E-state index in [9.17, 15) is 9.59 Å². The van der Waals surface area contributed by atoms with Crippen molar-refractivity contribution in [3.05, 3.63) is 34.3 Å². The van der Waals surface area contributed by atoms with Gasteiger partial charge in [-0.2, -0.15) is 0 Å². The summed E-state index contributed by atoms with van der Waals surface area (Å²) in [5.41, 5.74) is -0.697. The Bertz CT molecular complexity index is 449. The highest BCUT2D eigenvalue weighted by molar-refractivity contribution is 9.10. The Kier molecular flexibility index (Phi) is 2.84. The van der Waals surface area contributed by atoms with E-state index in [1.807, 2.05) is 6.07 Å². The number of rotatable bonds is 3. The van der Waals surface area contributed by atoms with Gasteiger partial charge in [-0.3, -0.25) is 9.59 Å². The molecule has 1 aromatic carbocycles. The SMILES string of the molecule is O=C(O)C1(C(=O)c2cccc(Br)c2)CCC1. The summed E-state index contributed by atoms with van der Waals surface area (Å²) in [6.45, 7) is 0. The van der Waals surface area contributed by atoms with Gasteiger partial charge in [-0.05, 0) is 25.0 Å². The maximum atomic E-state index is 12.1. The number of halogens is 1. The number of hydrogen-bond donors (Lipinski definition) is 1. The third-order valence-corrected chi connectivity index (χ3v) is 3.63. The summed E-state index contributed by atoms with van der Waals surface area (Å²) in [6.07, 6.45) is 1.72. The van der Waals surface area contributed by atoms with E-state index in [-0.39, 0.29) is 5.78 Å². The first-order chi connectivity index (χ1) is 7.56. The fourth-order valence-corrected chi connectivity index (χ4v) is 2.37. The second-order valence-electron chi connectivity index (χ2n) is 4.08. The van der Waals surface area contributed by atoms with Crippen molar-refractivity contribution in [1.82, 2.24) is 0 Å². The van der Waals surface area contributed by atoms with Crippen molar-refractivity contribution >= 4 is 27.7 Å². The third-order valence-electron chi connectivity index (χ3n) is 3.14. The molecule has 84 valence electrons. The fraction of sp³-hybridized carbons (Fsp3) is 0.333. The molecule has 1 fully saturated rings. The molecule has 1 saturated carbocycles. The minimum absolute atomic E-state index is 0.271. The standard InChI is InChI=1S/C12H11BrO3/c13-9-4-1-3-8(7-9)10(14)12(11(15)16)5-2-6-12/h1,3-4,7H,2,5-6H2,(H,15,16). The van der Waals surface area contributed by atoms with Crippen molar-refractivity contribution in [2.45, 2.75) is 19.3 Å². The summed E-state index contributed by atoms with van der Waals surface area (Å²) in [4.78, 5) is 23.3. The van der Waals surface area contributed by atoms with E-state index in [2.05, 4.69) is 15.9 Å². The predicted octanol–water partition coefficient (Wildman–Crippen LogP) is 2.89. The van der Waals surface area contributed by atoms with Crippen LogP contribution in [0.25, 0.3) is 0 Å². The van der Waals surface area contributed by atoms with Gasteiger partial charge >= 0.3 is 5.97 Å². The Morgan fingerprint density at radius 2 is 2.00 bits per heavy atom. The van der Waals surface area contributed by atoms with Crippen LogP contribution in [0.15, 0.2) is 28.7 Å². The molecule has 3 nitrogen and oxygen atoms in total. The average Bonchev–Trinajstić information content (AvgIpc) is 2.15. The zero-order valence-electron chi connectivity index (χ0n) is 8.57. The van der Waals surface area contributed by atoms with Crippen molar-refractivity contribution in [3.63, 3.8) is 0 Å². The van der Waals surface area contributed by atoms with Gasteiger partial charge in [-0.15, -0.1) is 0 Å². The van der Waals surface area contributed by atoms with Crippen LogP contribution in [0.5, 0.6) is 0 Å². The highest BCUT2D eigenvalue weighted by atomic mass is 79.9. The molecule has 16 heavy (non-hydrogen) atoms. The van der Waals surface area contributed by atoms with Crippen LogP contribution in [-0.4, -0.2) is 16.9 Å². The average molecular weight is 283 g/mol. The van der Waals surface area contributed by atoms with Gasteiger partial charge in [-0.25, -0.2) is 0 Å². The normalized spacial score (nSPS) is 17.6. The third kappa shape index (κ3) is 1.67. The van der Waals surface area contributed by atoms with Crippen LogP contribution in [0, 0.1) is 5.41 Å². The Morgan fingerprint density at radius 3 is 2.44 bits per heavy atom. The molecule has 1 aromatic rings. The van der Waals surface area contributed by atoms with Gasteiger partial charge < -0.3 is 5.11 Å². The predicted molar refractivity (Wildman–Crippen MR) is 62.4 cm³/mol. The van der Waals surface area contributed by atoms with E-state index in [0.29, 0.717) is 18.4 Å². The molecule has 0 spiro atoms. The van der Waals surface area contributed by atoms with Crippen LogP contribution < -0.4 is 0 Å². The highest BCUT2D eigenvalue weighted by Crippen LogP contribution is 2.44. The van der Waals surface area contributed by atoms with Crippen LogP contribution in [0.1, 0.15) is 29.6 Å². The zero-order valence-corrected chi connectivity index (χ0v) is 10.2. The summed E-state index contributed by atoms with van der Waals surface area (Å²) >= 11 is 3.27. The zero-order chi connectivity index (χ0) is 11.8. The van der Waals surface area contributed by atoms with Crippen LogP contribution in [0.4, 0.5) is 0 Å². The number of aliphatic carboxylic acids is 1. The molecule has 0 atom stereocenters. The Morgan fingerprint density at radius 1 is 1.31 bits per heavy atom. The molecule has 0 aromatic heterocycles. The molecule has 0 radical (unpaired) electrons. The lowest BCUT2D eigenvalue weighted by atomic mass is 9.64. The molecule has 2 rings (SSSR count). The molecule has 1 aliphatic rings. The number of carboxylic acid groups (broad SMARTS) is 1. The Balaban J connectivity index is 2.35. The van der Waals surface area contributed by atoms with Gasteiger partial charge in [0.1, 0.15) is 5.41 Å². The molecular formula is C12H11BrO3. The molecule has 0 amide bonds. The van der Waals surface area contributed by atoms with Gasteiger partial charge in [0.2, 0.25) is 0 Å². The number of carboxylic acids is 1. The molecule has 4 heteroatoms. The molecule has 0 heterocycles. The molecule has 1 N–H and O–H groups in total. The van der Waals surface area contributed by atoms with Gasteiger partial charge in [0, 0.05) is 10.0 Å². The number of Topliss-reactive ketones (excluding diaryl/α,β-unsaturated/α-hetero) is 1. The monoisotopic (exact) mass is 282 g/mol. The highest BCUT2D eigenvalue weighted by Gasteiger charge is 2.51. The van der Waals surface area contributed by atoms with E-state index in [0.717, 1.165) is 10.9 Å². The van der Waals surface area contributed by atoms with Gasteiger partial charge in [-0.1, -0.05) is 34.5 Å². The van der Waals surface area contributed by atoms with Crippen LogP contribution in [0.3, 0.4) is 0 Å². The molecule has 0 unspecified atom stereocenters. The number of carbonyl (C=O) groups excluding carboxylic acids is 1. The minimum Gasteiger partial charge on any atom is -0.480 e. The summed E-state index contributed by atoms with van der Waals surface area (Å²) in [7, 11) is 0. The lowest BCUT2D eigenvalue weighted by Gasteiger charge is -2.35.